The predicted molar refractivity (Wildman–Crippen MR) is 144 cm³/mol. The van der Waals surface area contributed by atoms with Crippen LogP contribution in [0.2, 0.25) is 0 Å². The quantitative estimate of drug-likeness (QED) is 0.348. The summed E-state index contributed by atoms with van der Waals surface area (Å²) < 4.78 is 49.4. The van der Waals surface area contributed by atoms with Crippen LogP contribution in [0.5, 0.6) is 17.2 Å². The number of methoxy groups -OCH3 is 1. The molecule has 208 valence electrons. The molecule has 0 unspecified atom stereocenters. The van der Waals surface area contributed by atoms with Gasteiger partial charge in [-0.05, 0) is 62.4 Å². The van der Waals surface area contributed by atoms with Crippen molar-refractivity contribution in [3.05, 3.63) is 59.5 Å². The Kier molecular flexibility index (Phi) is 7.55. The molecule has 2 heterocycles. The van der Waals surface area contributed by atoms with E-state index in [9.17, 15) is 13.2 Å². The molecule has 0 spiro atoms. The van der Waals surface area contributed by atoms with Crippen LogP contribution in [0.15, 0.2) is 51.9 Å². The minimum Gasteiger partial charge on any atom is -0.493 e. The van der Waals surface area contributed by atoms with Gasteiger partial charge in [-0.2, -0.15) is 4.31 Å². The molecule has 3 aromatic rings. The van der Waals surface area contributed by atoms with E-state index >= 15 is 0 Å². The molecule has 1 amide bonds. The summed E-state index contributed by atoms with van der Waals surface area (Å²) in [5.74, 6) is 2.39. The lowest BCUT2D eigenvalue weighted by Gasteiger charge is -2.20. The van der Waals surface area contributed by atoms with E-state index in [1.54, 1.807) is 36.9 Å². The van der Waals surface area contributed by atoms with Crippen molar-refractivity contribution in [2.45, 2.75) is 50.0 Å². The van der Waals surface area contributed by atoms with Crippen molar-refractivity contribution >= 4 is 21.6 Å². The van der Waals surface area contributed by atoms with Crippen molar-refractivity contribution in [3.8, 4) is 17.2 Å². The second-order valence-electron chi connectivity index (χ2n) is 9.89. The van der Waals surface area contributed by atoms with Gasteiger partial charge in [0.2, 0.25) is 10.0 Å². The average molecular weight is 556 g/mol. The third-order valence-corrected chi connectivity index (χ3v) is 9.22. The molecular weight excluding hydrogens is 522 g/mol. The Bertz CT molecular complexity index is 1430. The highest BCUT2D eigenvalue weighted by atomic mass is 32.2. The zero-order valence-corrected chi connectivity index (χ0v) is 23.4. The van der Waals surface area contributed by atoms with Gasteiger partial charge in [0, 0.05) is 38.3 Å². The third kappa shape index (κ3) is 5.60. The molecule has 1 aliphatic heterocycles. The van der Waals surface area contributed by atoms with E-state index in [2.05, 4.69) is 17.3 Å². The number of aromatic nitrogens is 1. The number of sulfonamides is 1. The summed E-state index contributed by atoms with van der Waals surface area (Å²) in [6.45, 7) is 3.87. The maximum atomic E-state index is 13.1. The fraction of sp³-hybridized carbons (Fsp3) is 0.429. The predicted octanol–water partition coefficient (Wildman–Crippen LogP) is 4.06. The van der Waals surface area contributed by atoms with Gasteiger partial charge in [0.25, 0.3) is 5.91 Å². The minimum atomic E-state index is -3.77. The number of hydrogen-bond acceptors (Lipinski definition) is 8. The van der Waals surface area contributed by atoms with Crippen LogP contribution in [-0.2, 0) is 14.8 Å². The van der Waals surface area contributed by atoms with E-state index < -0.39 is 16.1 Å². The van der Waals surface area contributed by atoms with Crippen LogP contribution in [0.4, 0.5) is 5.69 Å². The molecule has 2 aliphatic rings. The van der Waals surface area contributed by atoms with E-state index in [1.165, 1.54) is 36.9 Å². The number of carbonyl (C=O) groups is 1. The van der Waals surface area contributed by atoms with Crippen molar-refractivity contribution in [1.82, 2.24) is 9.46 Å². The SMILES string of the molecule is COc1cc(N2CC[C@H](Oc3ccc(C4CC4)cc3)C2=O)ccc1OCCN(C)S(=O)(=O)c1c(C)noc1C. The molecule has 39 heavy (non-hydrogen) atoms. The number of rotatable bonds is 11. The second-order valence-corrected chi connectivity index (χ2v) is 11.9. The zero-order chi connectivity index (χ0) is 27.7. The maximum absolute atomic E-state index is 13.1. The van der Waals surface area contributed by atoms with E-state index in [4.69, 9.17) is 18.7 Å². The Labute approximate surface area is 228 Å². The summed E-state index contributed by atoms with van der Waals surface area (Å²) in [5.41, 5.74) is 2.32. The monoisotopic (exact) mass is 555 g/mol. The molecule has 5 rings (SSSR count). The number of anilines is 1. The Balaban J connectivity index is 1.19. The highest BCUT2D eigenvalue weighted by molar-refractivity contribution is 7.89. The van der Waals surface area contributed by atoms with Gasteiger partial charge in [0.1, 0.15) is 22.9 Å². The van der Waals surface area contributed by atoms with Crippen LogP contribution in [0.25, 0.3) is 0 Å². The van der Waals surface area contributed by atoms with Gasteiger partial charge < -0.3 is 23.6 Å². The van der Waals surface area contributed by atoms with Crippen molar-refractivity contribution in [2.75, 3.05) is 38.8 Å². The number of nitrogens with zero attached hydrogens (tertiary/aromatic N) is 3. The average Bonchev–Trinajstić information content (AvgIpc) is 3.63. The normalized spacial score (nSPS) is 17.6. The maximum Gasteiger partial charge on any atom is 0.268 e. The van der Waals surface area contributed by atoms with Gasteiger partial charge >= 0.3 is 0 Å². The van der Waals surface area contributed by atoms with Gasteiger partial charge in [0.15, 0.2) is 23.4 Å². The van der Waals surface area contributed by atoms with Gasteiger partial charge in [-0.3, -0.25) is 4.79 Å². The number of aryl methyl sites for hydroxylation is 2. The van der Waals surface area contributed by atoms with E-state index in [1.807, 2.05) is 12.1 Å². The lowest BCUT2D eigenvalue weighted by Crippen LogP contribution is -2.32. The summed E-state index contributed by atoms with van der Waals surface area (Å²) in [5, 5.41) is 3.73. The first-order chi connectivity index (χ1) is 18.7. The highest BCUT2D eigenvalue weighted by Crippen LogP contribution is 2.40. The standard InChI is InChI=1S/C28H33N3O7S/c1-18-27(19(2)38-29-18)39(33,34)30(3)15-16-36-24-12-9-22(17-26(24)35-4)31-14-13-25(28(31)32)37-23-10-7-21(8-11-23)20-5-6-20/h7-12,17,20,25H,5-6,13-16H2,1-4H3/t25-/m0/s1. The largest absolute Gasteiger partial charge is 0.493 e. The smallest absolute Gasteiger partial charge is 0.268 e. The van der Waals surface area contributed by atoms with Crippen molar-refractivity contribution in [2.24, 2.45) is 0 Å². The number of hydrogen-bond donors (Lipinski definition) is 0. The lowest BCUT2D eigenvalue weighted by molar-refractivity contribution is -0.122. The highest BCUT2D eigenvalue weighted by Gasteiger charge is 2.35. The van der Waals surface area contributed by atoms with Crippen LogP contribution in [0, 0.1) is 13.8 Å². The summed E-state index contributed by atoms with van der Waals surface area (Å²) in [7, 11) is -0.780. The van der Waals surface area contributed by atoms with Crippen molar-refractivity contribution in [1.29, 1.82) is 0 Å². The molecule has 1 aromatic heterocycles. The number of benzene rings is 2. The first-order valence-electron chi connectivity index (χ1n) is 13.0. The van der Waals surface area contributed by atoms with Crippen LogP contribution in [-0.4, -0.2) is 63.7 Å². The van der Waals surface area contributed by atoms with Gasteiger partial charge in [-0.1, -0.05) is 17.3 Å². The Morgan fingerprint density at radius 3 is 2.46 bits per heavy atom. The van der Waals surface area contributed by atoms with Crippen LogP contribution < -0.4 is 19.1 Å². The van der Waals surface area contributed by atoms with Crippen LogP contribution in [0.3, 0.4) is 0 Å². The Hall–Kier alpha value is -3.57. The first kappa shape index (κ1) is 27.0. The molecule has 1 atom stereocenters. The summed E-state index contributed by atoms with van der Waals surface area (Å²) in [6, 6.07) is 13.3. The second kappa shape index (κ2) is 10.9. The van der Waals surface area contributed by atoms with E-state index in [0.717, 1.165) is 0 Å². The Morgan fingerprint density at radius 2 is 1.82 bits per heavy atom. The molecule has 1 aliphatic carbocycles. The van der Waals surface area contributed by atoms with E-state index in [-0.39, 0.29) is 29.7 Å². The first-order valence-corrected chi connectivity index (χ1v) is 14.4. The van der Waals surface area contributed by atoms with Crippen LogP contribution in [0.1, 0.15) is 42.2 Å². The van der Waals surface area contributed by atoms with Crippen molar-refractivity contribution < 1.29 is 31.9 Å². The van der Waals surface area contributed by atoms with E-state index in [0.29, 0.717) is 47.5 Å². The molecule has 0 bridgehead atoms. The molecule has 0 N–H and O–H groups in total. The minimum absolute atomic E-state index is 0.0692. The molecule has 1 saturated carbocycles. The number of amides is 1. The van der Waals surface area contributed by atoms with Crippen LogP contribution >= 0.6 is 0 Å². The molecule has 2 fully saturated rings. The number of carbonyl (C=O) groups excluding carboxylic acids is 1. The topological polar surface area (TPSA) is 111 Å². The third-order valence-electron chi connectivity index (χ3n) is 7.12. The molecular formula is C28H33N3O7S. The molecule has 0 radical (unpaired) electrons. The summed E-state index contributed by atoms with van der Waals surface area (Å²) >= 11 is 0. The molecule has 10 nitrogen and oxygen atoms in total. The van der Waals surface area contributed by atoms with Crippen molar-refractivity contribution in [3.63, 3.8) is 0 Å². The lowest BCUT2D eigenvalue weighted by atomic mass is 10.1. The van der Waals surface area contributed by atoms with Gasteiger partial charge in [-0.25, -0.2) is 8.42 Å². The summed E-state index contributed by atoms with van der Waals surface area (Å²) in [4.78, 5) is 14.9. The molecule has 2 aromatic carbocycles. The fourth-order valence-electron chi connectivity index (χ4n) is 4.77. The molecule has 11 heteroatoms. The fourth-order valence-corrected chi connectivity index (χ4v) is 6.20. The number of ether oxygens (including phenoxy) is 3. The number of likely N-dealkylation sites (N-methyl/N-ethyl adjacent to an activating group) is 1. The zero-order valence-electron chi connectivity index (χ0n) is 22.5. The summed E-state index contributed by atoms with van der Waals surface area (Å²) in [6.07, 6.45) is 2.52. The Morgan fingerprint density at radius 1 is 1.08 bits per heavy atom. The molecule has 1 saturated heterocycles. The van der Waals surface area contributed by atoms with Gasteiger partial charge in [-0.15, -0.1) is 0 Å². The van der Waals surface area contributed by atoms with Gasteiger partial charge in [0.05, 0.1) is 7.11 Å².